The first-order chi connectivity index (χ1) is 8.11. The van der Waals surface area contributed by atoms with E-state index < -0.39 is 0 Å². The number of amides is 1. The summed E-state index contributed by atoms with van der Waals surface area (Å²) in [7, 11) is 0. The number of nitrogens with zero attached hydrogens (tertiary/aromatic N) is 2. The largest absolute Gasteiger partial charge is 0.369 e. The van der Waals surface area contributed by atoms with Crippen LogP contribution < -0.4 is 5.73 Å². The van der Waals surface area contributed by atoms with Crippen molar-refractivity contribution in [1.82, 2.24) is 9.88 Å². The van der Waals surface area contributed by atoms with Gasteiger partial charge in [-0.05, 0) is 25.1 Å². The Hall–Kier alpha value is -1.13. The summed E-state index contributed by atoms with van der Waals surface area (Å²) in [5.41, 5.74) is 6.08. The number of aromatic nitrogens is 1. The molecule has 0 aliphatic carbocycles. The normalized spacial score (nSPS) is 10.8. The maximum atomic E-state index is 11.0. The summed E-state index contributed by atoms with van der Waals surface area (Å²) in [5, 5.41) is 0.657. The van der Waals surface area contributed by atoms with Gasteiger partial charge in [0.1, 0.15) is 0 Å². The van der Waals surface area contributed by atoms with Crippen LogP contribution in [0, 0.1) is 0 Å². The number of unbranched alkanes of at least 4 members (excludes halogenated alkanes) is 1. The fraction of sp³-hybridized carbons (Fsp3) is 0.500. The van der Waals surface area contributed by atoms with E-state index in [9.17, 15) is 4.79 Å². The third-order valence-electron chi connectivity index (χ3n) is 2.37. The van der Waals surface area contributed by atoms with Crippen LogP contribution in [0.15, 0.2) is 18.3 Å². The molecule has 0 fully saturated rings. The topological polar surface area (TPSA) is 59.2 Å². The van der Waals surface area contributed by atoms with E-state index in [-0.39, 0.29) is 12.5 Å². The number of carbonyl (C=O) groups is 1. The predicted molar refractivity (Wildman–Crippen MR) is 68.6 cm³/mol. The molecule has 0 saturated heterocycles. The molecule has 1 aromatic heterocycles. The molecule has 0 radical (unpaired) electrons. The average Bonchev–Trinajstić information content (AvgIpc) is 2.25. The van der Waals surface area contributed by atoms with Gasteiger partial charge in [-0.3, -0.25) is 14.7 Å². The fourth-order valence-electron chi connectivity index (χ4n) is 1.58. The molecular weight excluding hydrogens is 238 g/mol. The summed E-state index contributed by atoms with van der Waals surface area (Å²) in [6.45, 7) is 3.81. The van der Waals surface area contributed by atoms with Gasteiger partial charge in [0, 0.05) is 17.8 Å². The zero-order chi connectivity index (χ0) is 12.7. The van der Waals surface area contributed by atoms with Gasteiger partial charge in [0.15, 0.2) is 0 Å². The number of pyridine rings is 1. The van der Waals surface area contributed by atoms with E-state index in [2.05, 4.69) is 11.9 Å². The molecule has 0 bridgehead atoms. The van der Waals surface area contributed by atoms with Crippen molar-refractivity contribution >= 4 is 17.5 Å². The summed E-state index contributed by atoms with van der Waals surface area (Å²) in [5.74, 6) is -0.317. The molecule has 17 heavy (non-hydrogen) atoms. The maximum Gasteiger partial charge on any atom is 0.231 e. The Balaban J connectivity index is 2.61. The average molecular weight is 256 g/mol. The molecule has 0 saturated carbocycles. The molecule has 94 valence electrons. The molecule has 0 atom stereocenters. The Morgan fingerprint density at radius 1 is 1.59 bits per heavy atom. The van der Waals surface area contributed by atoms with E-state index in [0.29, 0.717) is 11.6 Å². The van der Waals surface area contributed by atoms with Crippen LogP contribution in [0.2, 0.25) is 5.02 Å². The highest BCUT2D eigenvalue weighted by molar-refractivity contribution is 6.30. The van der Waals surface area contributed by atoms with Gasteiger partial charge < -0.3 is 5.73 Å². The Bertz CT molecular complexity index is 371. The lowest BCUT2D eigenvalue weighted by molar-refractivity contribution is -0.119. The Morgan fingerprint density at radius 2 is 2.35 bits per heavy atom. The van der Waals surface area contributed by atoms with Crippen molar-refractivity contribution < 1.29 is 4.79 Å². The van der Waals surface area contributed by atoms with E-state index in [1.54, 1.807) is 12.3 Å². The summed E-state index contributed by atoms with van der Waals surface area (Å²) >= 11 is 5.89. The SMILES string of the molecule is CCCCN(CC(N)=O)Cc1cc(Cl)ccn1. The molecule has 1 rings (SSSR count). The van der Waals surface area contributed by atoms with Crippen LogP contribution in [0.25, 0.3) is 0 Å². The van der Waals surface area contributed by atoms with Crippen molar-refractivity contribution in [3.05, 3.63) is 29.0 Å². The highest BCUT2D eigenvalue weighted by atomic mass is 35.5. The summed E-state index contributed by atoms with van der Waals surface area (Å²) < 4.78 is 0. The molecule has 1 amide bonds. The standard InChI is InChI=1S/C12H18ClN3O/c1-2-3-6-16(9-12(14)17)8-11-7-10(13)4-5-15-11/h4-5,7H,2-3,6,8-9H2,1H3,(H2,14,17). The first kappa shape index (κ1) is 13.9. The molecule has 0 unspecified atom stereocenters. The van der Waals surface area contributed by atoms with Gasteiger partial charge in [-0.1, -0.05) is 24.9 Å². The molecule has 2 N–H and O–H groups in total. The van der Waals surface area contributed by atoms with Crippen LogP contribution in [0.3, 0.4) is 0 Å². The van der Waals surface area contributed by atoms with Crippen molar-refractivity contribution in [2.75, 3.05) is 13.1 Å². The Kier molecular flexibility index (Phi) is 5.94. The second-order valence-corrected chi connectivity index (χ2v) is 4.43. The molecular formula is C12H18ClN3O. The lowest BCUT2D eigenvalue weighted by Crippen LogP contribution is -2.34. The van der Waals surface area contributed by atoms with Crippen LogP contribution in [0.4, 0.5) is 0 Å². The summed E-state index contributed by atoms with van der Waals surface area (Å²) in [6.07, 6.45) is 3.78. The highest BCUT2D eigenvalue weighted by Gasteiger charge is 2.09. The first-order valence-corrected chi connectivity index (χ1v) is 6.10. The smallest absolute Gasteiger partial charge is 0.231 e. The molecule has 0 aliphatic heterocycles. The molecule has 1 aromatic rings. The zero-order valence-electron chi connectivity index (χ0n) is 10.0. The number of nitrogens with two attached hydrogens (primary N) is 1. The molecule has 0 aliphatic rings. The number of primary amides is 1. The second-order valence-electron chi connectivity index (χ2n) is 4.00. The quantitative estimate of drug-likeness (QED) is 0.809. The van der Waals surface area contributed by atoms with Crippen LogP contribution >= 0.6 is 11.6 Å². The number of halogens is 1. The van der Waals surface area contributed by atoms with E-state index in [1.165, 1.54) is 0 Å². The molecule has 0 aromatic carbocycles. The fourth-order valence-corrected chi connectivity index (χ4v) is 1.76. The van der Waals surface area contributed by atoms with Crippen molar-refractivity contribution in [3.8, 4) is 0 Å². The van der Waals surface area contributed by atoms with Gasteiger partial charge in [0.25, 0.3) is 0 Å². The van der Waals surface area contributed by atoms with Gasteiger partial charge in [-0.25, -0.2) is 0 Å². The second kappa shape index (κ2) is 7.25. The van der Waals surface area contributed by atoms with Crippen molar-refractivity contribution in [1.29, 1.82) is 0 Å². The van der Waals surface area contributed by atoms with Gasteiger partial charge >= 0.3 is 0 Å². The highest BCUT2D eigenvalue weighted by Crippen LogP contribution is 2.10. The van der Waals surface area contributed by atoms with E-state index in [1.807, 2.05) is 11.0 Å². The van der Waals surface area contributed by atoms with E-state index in [0.717, 1.165) is 25.1 Å². The molecule has 5 heteroatoms. The third-order valence-corrected chi connectivity index (χ3v) is 2.61. The van der Waals surface area contributed by atoms with Crippen LogP contribution in [0.5, 0.6) is 0 Å². The number of hydrogen-bond acceptors (Lipinski definition) is 3. The Labute approximate surface area is 107 Å². The van der Waals surface area contributed by atoms with Crippen molar-refractivity contribution in [2.24, 2.45) is 5.73 Å². The minimum atomic E-state index is -0.317. The summed E-state index contributed by atoms with van der Waals surface area (Å²) in [4.78, 5) is 17.2. The van der Waals surface area contributed by atoms with Gasteiger partial charge in [0.2, 0.25) is 5.91 Å². The number of hydrogen-bond donors (Lipinski definition) is 1. The van der Waals surface area contributed by atoms with Crippen LogP contribution in [-0.2, 0) is 11.3 Å². The minimum Gasteiger partial charge on any atom is -0.369 e. The number of carbonyl (C=O) groups excluding carboxylic acids is 1. The van der Waals surface area contributed by atoms with Gasteiger partial charge in [-0.2, -0.15) is 0 Å². The minimum absolute atomic E-state index is 0.258. The Morgan fingerprint density at radius 3 is 2.94 bits per heavy atom. The van der Waals surface area contributed by atoms with E-state index in [4.69, 9.17) is 17.3 Å². The lowest BCUT2D eigenvalue weighted by atomic mass is 10.2. The van der Waals surface area contributed by atoms with Crippen LogP contribution in [-0.4, -0.2) is 28.9 Å². The van der Waals surface area contributed by atoms with Crippen molar-refractivity contribution in [2.45, 2.75) is 26.3 Å². The third kappa shape index (κ3) is 5.65. The zero-order valence-corrected chi connectivity index (χ0v) is 10.8. The molecule has 4 nitrogen and oxygen atoms in total. The van der Waals surface area contributed by atoms with Crippen LogP contribution in [0.1, 0.15) is 25.5 Å². The molecule has 0 spiro atoms. The van der Waals surface area contributed by atoms with Gasteiger partial charge in [-0.15, -0.1) is 0 Å². The first-order valence-electron chi connectivity index (χ1n) is 5.73. The lowest BCUT2D eigenvalue weighted by Gasteiger charge is -2.19. The van der Waals surface area contributed by atoms with E-state index >= 15 is 0 Å². The molecule has 1 heterocycles. The van der Waals surface area contributed by atoms with Crippen molar-refractivity contribution in [3.63, 3.8) is 0 Å². The summed E-state index contributed by atoms with van der Waals surface area (Å²) in [6, 6.07) is 3.54. The predicted octanol–water partition coefficient (Wildman–Crippen LogP) is 1.82. The monoisotopic (exact) mass is 255 g/mol. The maximum absolute atomic E-state index is 11.0. The van der Waals surface area contributed by atoms with Gasteiger partial charge in [0.05, 0.1) is 12.2 Å². The number of rotatable bonds is 7.